The third-order valence-electron chi connectivity index (χ3n) is 4.90. The summed E-state index contributed by atoms with van der Waals surface area (Å²) in [6, 6.07) is 13.8. The molecule has 0 unspecified atom stereocenters. The lowest BCUT2D eigenvalue weighted by atomic mass is 10.2. The summed E-state index contributed by atoms with van der Waals surface area (Å²) >= 11 is 21.7. The first kappa shape index (κ1) is 28.8. The van der Waals surface area contributed by atoms with Crippen molar-refractivity contribution in [2.45, 2.75) is 26.9 Å². The Morgan fingerprint density at radius 2 is 1.78 bits per heavy atom. The molecule has 3 aromatic carbocycles. The van der Waals surface area contributed by atoms with Crippen LogP contribution in [0.2, 0.25) is 15.1 Å². The van der Waals surface area contributed by atoms with E-state index < -0.39 is 18.2 Å². The van der Waals surface area contributed by atoms with Crippen LogP contribution >= 0.6 is 50.7 Å². The number of nitrogens with one attached hydrogen (secondary N) is 2. The minimum absolute atomic E-state index is 0.203. The van der Waals surface area contributed by atoms with Gasteiger partial charge in [0.1, 0.15) is 13.0 Å². The number of carbonyl (C=O) groups excluding carboxylic acids is 2. The number of aryl methyl sites for hydroxylation is 1. The second-order valence-corrected chi connectivity index (χ2v) is 9.87. The molecule has 0 aliphatic heterocycles. The fourth-order valence-corrected chi connectivity index (χ4v) is 4.31. The van der Waals surface area contributed by atoms with Crippen LogP contribution in [0.3, 0.4) is 0 Å². The molecule has 0 fully saturated rings. The normalized spacial score (nSPS) is 10.9. The highest BCUT2D eigenvalue weighted by molar-refractivity contribution is 9.10. The summed E-state index contributed by atoms with van der Waals surface area (Å²) in [5.41, 5.74) is 5.13. The van der Waals surface area contributed by atoms with Crippen molar-refractivity contribution in [2.75, 3.05) is 11.9 Å². The maximum atomic E-state index is 12.1. The topological polar surface area (TPSA) is 89.0 Å². The number of amides is 2. The average molecular weight is 628 g/mol. The quantitative estimate of drug-likeness (QED) is 0.142. The molecule has 0 radical (unpaired) electrons. The minimum atomic E-state index is -0.573. The molecule has 0 bridgehead atoms. The third-order valence-corrected chi connectivity index (χ3v) is 6.48. The van der Waals surface area contributed by atoms with Gasteiger partial charge in [-0.05, 0) is 77.3 Å². The molecular weight excluding hydrogens is 605 g/mol. The van der Waals surface area contributed by atoms with Crippen LogP contribution in [0.25, 0.3) is 0 Å². The molecule has 0 saturated heterocycles. The molecule has 7 nitrogen and oxygen atoms in total. The van der Waals surface area contributed by atoms with Crippen molar-refractivity contribution in [3.63, 3.8) is 0 Å². The number of halogens is 4. The summed E-state index contributed by atoms with van der Waals surface area (Å²) in [7, 11) is 0. The lowest BCUT2D eigenvalue weighted by Gasteiger charge is -2.15. The van der Waals surface area contributed by atoms with E-state index in [1.54, 1.807) is 48.5 Å². The molecule has 3 aromatic rings. The molecule has 37 heavy (non-hydrogen) atoms. The monoisotopic (exact) mass is 625 g/mol. The van der Waals surface area contributed by atoms with Crippen molar-refractivity contribution in [2.24, 2.45) is 5.10 Å². The van der Waals surface area contributed by atoms with Crippen molar-refractivity contribution in [3.8, 4) is 11.5 Å². The van der Waals surface area contributed by atoms with Gasteiger partial charge in [-0.2, -0.15) is 5.10 Å². The molecule has 2 N–H and O–H groups in total. The smallest absolute Gasteiger partial charge is 0.249 e. The number of ether oxygens (including phenoxy) is 2. The Balaban J connectivity index is 1.61. The van der Waals surface area contributed by atoms with Gasteiger partial charge in [-0.1, -0.05) is 46.9 Å². The average Bonchev–Trinajstić information content (AvgIpc) is 2.82. The SMILES string of the molecule is CCOc1cc(C=NNC(=O)CC(=O)Nc2ccc(C)c(Cl)c2)cc(Br)c1OCc1ccc(Cl)cc1Cl. The Labute approximate surface area is 238 Å². The first-order valence-electron chi connectivity index (χ1n) is 11.1. The molecule has 194 valence electrons. The zero-order valence-electron chi connectivity index (χ0n) is 19.9. The zero-order chi connectivity index (χ0) is 26.9. The van der Waals surface area contributed by atoms with Gasteiger partial charge in [-0.25, -0.2) is 5.43 Å². The van der Waals surface area contributed by atoms with Gasteiger partial charge in [-0.15, -0.1) is 0 Å². The predicted octanol–water partition coefficient (Wildman–Crippen LogP) is 7.17. The van der Waals surface area contributed by atoms with Gasteiger partial charge in [0.25, 0.3) is 0 Å². The van der Waals surface area contributed by atoms with Gasteiger partial charge < -0.3 is 14.8 Å². The van der Waals surface area contributed by atoms with Gasteiger partial charge in [0.15, 0.2) is 11.5 Å². The fraction of sp³-hybridized carbons (Fsp3) is 0.192. The Morgan fingerprint density at radius 3 is 2.49 bits per heavy atom. The summed E-state index contributed by atoms with van der Waals surface area (Å²) in [5, 5.41) is 8.13. The first-order valence-corrected chi connectivity index (χ1v) is 13.0. The van der Waals surface area contributed by atoms with Crippen molar-refractivity contribution in [3.05, 3.63) is 84.8 Å². The van der Waals surface area contributed by atoms with E-state index in [4.69, 9.17) is 44.3 Å². The first-order chi connectivity index (χ1) is 17.7. The third kappa shape index (κ3) is 8.64. The van der Waals surface area contributed by atoms with Gasteiger partial charge in [0.05, 0.1) is 17.3 Å². The van der Waals surface area contributed by atoms with Gasteiger partial charge in [0, 0.05) is 26.3 Å². The summed E-state index contributed by atoms with van der Waals surface area (Å²) < 4.78 is 12.3. The molecule has 2 amide bonds. The molecular formula is C26H23BrCl3N3O4. The van der Waals surface area contributed by atoms with E-state index in [0.29, 0.717) is 48.9 Å². The van der Waals surface area contributed by atoms with E-state index in [9.17, 15) is 9.59 Å². The van der Waals surface area contributed by atoms with E-state index in [-0.39, 0.29) is 6.61 Å². The van der Waals surface area contributed by atoms with Gasteiger partial charge >= 0.3 is 0 Å². The van der Waals surface area contributed by atoms with E-state index in [1.807, 2.05) is 13.8 Å². The van der Waals surface area contributed by atoms with E-state index in [2.05, 4.69) is 31.8 Å². The van der Waals surface area contributed by atoms with Crippen LogP contribution in [0, 0.1) is 6.92 Å². The van der Waals surface area contributed by atoms with Crippen LogP contribution in [0.4, 0.5) is 5.69 Å². The molecule has 3 rings (SSSR count). The second-order valence-electron chi connectivity index (χ2n) is 7.77. The van der Waals surface area contributed by atoms with Crippen molar-refractivity contribution in [1.29, 1.82) is 0 Å². The van der Waals surface area contributed by atoms with Gasteiger partial charge in [-0.3, -0.25) is 9.59 Å². The van der Waals surface area contributed by atoms with Crippen LogP contribution in [0.5, 0.6) is 11.5 Å². The summed E-state index contributed by atoms with van der Waals surface area (Å²) in [6.45, 7) is 4.32. The Hall–Kier alpha value is -2.78. The molecule has 11 heteroatoms. The molecule has 0 aromatic heterocycles. The van der Waals surface area contributed by atoms with Crippen molar-refractivity contribution >= 4 is 74.4 Å². The molecule has 0 aliphatic rings. The number of carbonyl (C=O) groups is 2. The van der Waals surface area contributed by atoms with Crippen molar-refractivity contribution < 1.29 is 19.1 Å². The molecule has 0 saturated carbocycles. The number of hydrogen-bond acceptors (Lipinski definition) is 5. The number of hydrogen-bond donors (Lipinski definition) is 2. The van der Waals surface area contributed by atoms with E-state index >= 15 is 0 Å². The predicted molar refractivity (Wildman–Crippen MR) is 151 cm³/mol. The van der Waals surface area contributed by atoms with Crippen LogP contribution in [0.1, 0.15) is 30.0 Å². The summed E-state index contributed by atoms with van der Waals surface area (Å²) in [6.07, 6.45) is 1.03. The fourth-order valence-electron chi connectivity index (χ4n) is 3.09. The highest BCUT2D eigenvalue weighted by Crippen LogP contribution is 2.37. The number of anilines is 1. The lowest BCUT2D eigenvalue weighted by Crippen LogP contribution is -2.24. The number of rotatable bonds is 10. The maximum absolute atomic E-state index is 12.1. The Bertz CT molecular complexity index is 1330. The highest BCUT2D eigenvalue weighted by Gasteiger charge is 2.14. The van der Waals surface area contributed by atoms with Crippen LogP contribution in [-0.4, -0.2) is 24.6 Å². The lowest BCUT2D eigenvalue weighted by molar-refractivity contribution is -0.126. The standard InChI is InChI=1S/C26H23BrCl3N3O4/c1-3-36-23-9-16(8-20(27)26(23)37-14-17-5-6-18(28)10-22(17)30)13-31-33-25(35)12-24(34)32-19-7-4-15(2)21(29)11-19/h4-11,13H,3,12,14H2,1-2H3,(H,32,34)(H,33,35). The van der Waals surface area contributed by atoms with Crippen molar-refractivity contribution in [1.82, 2.24) is 5.43 Å². The van der Waals surface area contributed by atoms with Crippen LogP contribution < -0.4 is 20.2 Å². The highest BCUT2D eigenvalue weighted by atomic mass is 79.9. The molecule has 0 heterocycles. The minimum Gasteiger partial charge on any atom is -0.490 e. The molecule has 0 atom stereocenters. The largest absolute Gasteiger partial charge is 0.490 e. The summed E-state index contributed by atoms with van der Waals surface area (Å²) in [4.78, 5) is 24.3. The molecule has 0 spiro atoms. The van der Waals surface area contributed by atoms with Crippen LogP contribution in [-0.2, 0) is 16.2 Å². The van der Waals surface area contributed by atoms with E-state index in [0.717, 1.165) is 11.1 Å². The van der Waals surface area contributed by atoms with Crippen LogP contribution in [0.15, 0.2) is 58.1 Å². The Kier molecular flexibility index (Phi) is 10.6. The number of benzene rings is 3. The number of hydrazone groups is 1. The van der Waals surface area contributed by atoms with Gasteiger partial charge in [0.2, 0.25) is 11.8 Å². The second kappa shape index (κ2) is 13.7. The van der Waals surface area contributed by atoms with E-state index in [1.165, 1.54) is 6.21 Å². The summed E-state index contributed by atoms with van der Waals surface area (Å²) in [5.74, 6) is -0.0973. The maximum Gasteiger partial charge on any atom is 0.249 e. The number of nitrogens with zero attached hydrogens (tertiary/aromatic N) is 1. The molecule has 0 aliphatic carbocycles. The zero-order valence-corrected chi connectivity index (χ0v) is 23.8. The Morgan fingerprint density at radius 1 is 1.00 bits per heavy atom.